The van der Waals surface area contributed by atoms with Gasteiger partial charge < -0.3 is 10.1 Å². The Balaban J connectivity index is 1.97. The van der Waals surface area contributed by atoms with E-state index in [1.165, 1.54) is 35.4 Å². The number of nitrogens with one attached hydrogen (secondary N) is 1. The van der Waals surface area contributed by atoms with Crippen LogP contribution in [0.5, 0.6) is 5.75 Å². The third-order valence-corrected chi connectivity index (χ3v) is 5.59. The molecule has 1 fully saturated rings. The minimum atomic E-state index is 0.239. The van der Waals surface area contributed by atoms with Crippen molar-refractivity contribution in [3.63, 3.8) is 0 Å². The monoisotopic (exact) mass is 304 g/mol. The van der Waals surface area contributed by atoms with Crippen molar-refractivity contribution in [2.45, 2.75) is 44.9 Å². The molecule has 0 spiro atoms. The second-order valence-electron chi connectivity index (χ2n) is 5.89. The number of thiazole rings is 1. The summed E-state index contributed by atoms with van der Waals surface area (Å²) >= 11 is 1.85. The summed E-state index contributed by atoms with van der Waals surface area (Å²) in [4.78, 5) is 4.95. The van der Waals surface area contributed by atoms with Gasteiger partial charge in [0.2, 0.25) is 0 Å². The molecule has 1 atom stereocenters. The first-order valence-electron chi connectivity index (χ1n) is 8.02. The molecule has 1 saturated heterocycles. The van der Waals surface area contributed by atoms with E-state index in [0.717, 1.165) is 24.4 Å². The molecule has 4 heteroatoms. The van der Waals surface area contributed by atoms with Crippen LogP contribution in [0.15, 0.2) is 18.2 Å². The van der Waals surface area contributed by atoms with Gasteiger partial charge in [0.05, 0.1) is 16.8 Å². The molecule has 3 nitrogen and oxygen atoms in total. The highest BCUT2D eigenvalue weighted by atomic mass is 32.1. The Kier molecular flexibility index (Phi) is 4.45. The third kappa shape index (κ3) is 2.92. The van der Waals surface area contributed by atoms with Gasteiger partial charge in [-0.05, 0) is 50.9 Å². The molecule has 1 aliphatic heterocycles. The van der Waals surface area contributed by atoms with Crippen molar-refractivity contribution >= 4 is 21.6 Å². The Morgan fingerprint density at radius 2 is 2.29 bits per heavy atom. The number of aromatic nitrogens is 1. The van der Waals surface area contributed by atoms with Gasteiger partial charge in [0.1, 0.15) is 10.8 Å². The van der Waals surface area contributed by atoms with E-state index in [9.17, 15) is 0 Å². The van der Waals surface area contributed by atoms with Crippen LogP contribution >= 0.6 is 11.3 Å². The van der Waals surface area contributed by atoms with Crippen molar-refractivity contribution in [2.75, 3.05) is 19.7 Å². The topological polar surface area (TPSA) is 34.1 Å². The number of hydrogen-bond acceptors (Lipinski definition) is 4. The second-order valence-corrected chi connectivity index (χ2v) is 6.92. The highest BCUT2D eigenvalue weighted by molar-refractivity contribution is 7.18. The van der Waals surface area contributed by atoms with Crippen LogP contribution < -0.4 is 10.1 Å². The molecule has 0 amide bonds. The molecule has 0 aliphatic carbocycles. The third-order valence-electron chi connectivity index (χ3n) is 4.33. The number of benzene rings is 1. The molecule has 1 unspecified atom stereocenters. The summed E-state index contributed by atoms with van der Waals surface area (Å²) in [6, 6.07) is 6.26. The highest BCUT2D eigenvalue weighted by Gasteiger charge is 2.36. The molecule has 1 N–H and O–H groups in total. The lowest BCUT2D eigenvalue weighted by atomic mass is 9.77. The second kappa shape index (κ2) is 6.32. The largest absolute Gasteiger partial charge is 0.494 e. The zero-order valence-electron chi connectivity index (χ0n) is 12.9. The van der Waals surface area contributed by atoms with Crippen molar-refractivity contribution in [2.24, 2.45) is 0 Å². The number of hydrogen-bond donors (Lipinski definition) is 1. The Hall–Kier alpha value is -1.13. The lowest BCUT2D eigenvalue weighted by molar-refractivity contribution is 0.290. The van der Waals surface area contributed by atoms with E-state index in [4.69, 9.17) is 9.72 Å². The van der Waals surface area contributed by atoms with Crippen molar-refractivity contribution in [3.05, 3.63) is 23.2 Å². The van der Waals surface area contributed by atoms with Crippen LogP contribution in [0.3, 0.4) is 0 Å². The van der Waals surface area contributed by atoms with Crippen LogP contribution in [-0.2, 0) is 5.41 Å². The molecule has 3 rings (SSSR count). The van der Waals surface area contributed by atoms with Gasteiger partial charge in [-0.25, -0.2) is 4.98 Å². The first kappa shape index (κ1) is 14.8. The van der Waals surface area contributed by atoms with Crippen molar-refractivity contribution < 1.29 is 4.74 Å². The summed E-state index contributed by atoms with van der Waals surface area (Å²) in [7, 11) is 0. The van der Waals surface area contributed by atoms with Gasteiger partial charge in [-0.1, -0.05) is 13.3 Å². The molecule has 0 radical (unpaired) electrons. The lowest BCUT2D eigenvalue weighted by Crippen LogP contribution is -2.43. The zero-order valence-corrected chi connectivity index (χ0v) is 13.8. The van der Waals surface area contributed by atoms with Crippen molar-refractivity contribution in [3.8, 4) is 5.75 Å². The van der Waals surface area contributed by atoms with Gasteiger partial charge in [0.25, 0.3) is 0 Å². The Bertz CT molecular complexity index is 596. The van der Waals surface area contributed by atoms with E-state index in [2.05, 4.69) is 24.4 Å². The fourth-order valence-corrected chi connectivity index (χ4v) is 4.58. The number of piperidine rings is 1. The summed E-state index contributed by atoms with van der Waals surface area (Å²) in [6.45, 7) is 7.22. The Morgan fingerprint density at radius 1 is 1.38 bits per heavy atom. The van der Waals surface area contributed by atoms with Gasteiger partial charge in [-0.2, -0.15) is 0 Å². The fourth-order valence-electron chi connectivity index (χ4n) is 3.34. The van der Waals surface area contributed by atoms with Gasteiger partial charge in [-0.3, -0.25) is 0 Å². The first-order valence-corrected chi connectivity index (χ1v) is 8.83. The highest BCUT2D eigenvalue weighted by Crippen LogP contribution is 2.40. The molecule has 1 aromatic heterocycles. The molecule has 2 heterocycles. The minimum absolute atomic E-state index is 0.239. The molecule has 2 aromatic rings. The van der Waals surface area contributed by atoms with E-state index in [1.807, 2.05) is 24.3 Å². The molecular formula is C17H24N2OS. The summed E-state index contributed by atoms with van der Waals surface area (Å²) < 4.78 is 6.86. The van der Waals surface area contributed by atoms with E-state index >= 15 is 0 Å². The minimum Gasteiger partial charge on any atom is -0.494 e. The number of nitrogens with zero attached hydrogens (tertiary/aromatic N) is 1. The molecule has 1 aliphatic rings. The van der Waals surface area contributed by atoms with Crippen LogP contribution in [0.2, 0.25) is 0 Å². The van der Waals surface area contributed by atoms with E-state index in [-0.39, 0.29) is 5.41 Å². The van der Waals surface area contributed by atoms with Crippen LogP contribution in [0, 0.1) is 0 Å². The van der Waals surface area contributed by atoms with Crippen molar-refractivity contribution in [1.29, 1.82) is 0 Å². The SMILES string of the molecule is CCCC1(c2nc3ccc(OCC)cc3s2)CCCNC1. The van der Waals surface area contributed by atoms with Crippen LogP contribution in [0.25, 0.3) is 10.2 Å². The quantitative estimate of drug-likeness (QED) is 0.902. The number of ether oxygens (including phenoxy) is 1. The Morgan fingerprint density at radius 3 is 3.00 bits per heavy atom. The molecule has 114 valence electrons. The van der Waals surface area contributed by atoms with E-state index in [0.29, 0.717) is 6.61 Å². The first-order chi connectivity index (χ1) is 10.3. The predicted octanol–water partition coefficient (Wildman–Crippen LogP) is 4.12. The Labute approximate surface area is 130 Å². The summed E-state index contributed by atoms with van der Waals surface area (Å²) in [6.07, 6.45) is 4.94. The molecular weight excluding hydrogens is 280 g/mol. The zero-order chi connectivity index (χ0) is 14.7. The van der Waals surface area contributed by atoms with Gasteiger partial charge in [-0.15, -0.1) is 11.3 Å². The molecule has 0 bridgehead atoms. The van der Waals surface area contributed by atoms with E-state index < -0.39 is 0 Å². The van der Waals surface area contributed by atoms with Crippen LogP contribution in [-0.4, -0.2) is 24.7 Å². The maximum Gasteiger partial charge on any atom is 0.120 e. The average molecular weight is 304 g/mol. The summed E-state index contributed by atoms with van der Waals surface area (Å²) in [5, 5.41) is 4.88. The average Bonchev–Trinajstić information content (AvgIpc) is 2.93. The normalized spacial score (nSPS) is 22.6. The lowest BCUT2D eigenvalue weighted by Gasteiger charge is -2.35. The number of rotatable bonds is 5. The predicted molar refractivity (Wildman–Crippen MR) is 89.5 cm³/mol. The van der Waals surface area contributed by atoms with Gasteiger partial charge >= 0.3 is 0 Å². The number of fused-ring (bicyclic) bond motifs is 1. The maximum atomic E-state index is 5.61. The molecule has 1 aromatic carbocycles. The van der Waals surface area contributed by atoms with Gasteiger partial charge in [0, 0.05) is 12.0 Å². The smallest absolute Gasteiger partial charge is 0.120 e. The fraction of sp³-hybridized carbons (Fsp3) is 0.588. The van der Waals surface area contributed by atoms with Crippen LogP contribution in [0.1, 0.15) is 44.5 Å². The molecule has 0 saturated carbocycles. The summed E-state index contributed by atoms with van der Waals surface area (Å²) in [5.41, 5.74) is 1.35. The van der Waals surface area contributed by atoms with E-state index in [1.54, 1.807) is 0 Å². The van der Waals surface area contributed by atoms with Gasteiger partial charge in [0.15, 0.2) is 0 Å². The molecule has 21 heavy (non-hydrogen) atoms. The standard InChI is InChI=1S/C17H24N2OS/c1-3-8-17(9-5-10-18-12-17)16-19-14-7-6-13(20-4-2)11-15(14)21-16/h6-7,11,18H,3-5,8-10,12H2,1-2H3. The maximum absolute atomic E-state index is 5.61. The summed E-state index contributed by atoms with van der Waals surface area (Å²) in [5.74, 6) is 0.950. The van der Waals surface area contributed by atoms with Crippen LogP contribution in [0.4, 0.5) is 0 Å². The van der Waals surface area contributed by atoms with Crippen molar-refractivity contribution in [1.82, 2.24) is 10.3 Å².